The minimum absolute atomic E-state index is 0.0599. The van der Waals surface area contributed by atoms with Crippen LogP contribution in [0, 0.1) is 11.8 Å². The third kappa shape index (κ3) is 2.80. The van der Waals surface area contributed by atoms with Crippen LogP contribution in [-0.2, 0) is 13.0 Å². The van der Waals surface area contributed by atoms with Gasteiger partial charge in [-0.3, -0.25) is 0 Å². The van der Waals surface area contributed by atoms with Crippen LogP contribution in [0.25, 0.3) is 0 Å². The zero-order chi connectivity index (χ0) is 15.0. The molecule has 1 aromatic rings. The van der Waals surface area contributed by atoms with E-state index in [-0.39, 0.29) is 18.9 Å². The lowest BCUT2D eigenvalue weighted by Crippen LogP contribution is -2.34. The van der Waals surface area contributed by atoms with Gasteiger partial charge in [0.2, 0.25) is 0 Å². The number of nitrogens with zero attached hydrogens (tertiary/aromatic N) is 3. The van der Waals surface area contributed by atoms with Crippen molar-refractivity contribution in [3.05, 3.63) is 11.6 Å². The van der Waals surface area contributed by atoms with Gasteiger partial charge in [0, 0.05) is 31.4 Å². The van der Waals surface area contributed by atoms with Crippen LogP contribution in [0.1, 0.15) is 49.7 Å². The maximum atomic E-state index is 13.3. The Hall–Kier alpha value is -1.11. The van der Waals surface area contributed by atoms with Crippen molar-refractivity contribution in [1.29, 1.82) is 0 Å². The van der Waals surface area contributed by atoms with E-state index in [4.69, 9.17) is 0 Å². The number of halogens is 3. The number of aryl methyl sites for hydroxylation is 1. The van der Waals surface area contributed by atoms with Crippen LogP contribution in [0.5, 0.6) is 0 Å². The maximum absolute atomic E-state index is 13.3. The zero-order valence-corrected chi connectivity index (χ0v) is 11.8. The molecule has 2 heterocycles. The highest BCUT2D eigenvalue weighted by molar-refractivity contribution is 5.08. The van der Waals surface area contributed by atoms with E-state index in [1.165, 1.54) is 0 Å². The lowest BCUT2D eigenvalue weighted by atomic mass is 9.78. The lowest BCUT2D eigenvalue weighted by Gasteiger charge is -2.33. The van der Waals surface area contributed by atoms with Gasteiger partial charge in [-0.1, -0.05) is 12.8 Å². The predicted molar refractivity (Wildman–Crippen MR) is 69.7 cm³/mol. The summed E-state index contributed by atoms with van der Waals surface area (Å²) < 4.78 is 41.6. The second kappa shape index (κ2) is 5.59. The summed E-state index contributed by atoms with van der Waals surface area (Å²) in [6, 6.07) is 0. The fourth-order valence-corrected chi connectivity index (χ4v) is 3.67. The number of alkyl halides is 3. The third-order valence-electron chi connectivity index (χ3n) is 4.85. The number of hydrogen-bond acceptors (Lipinski definition) is 3. The summed E-state index contributed by atoms with van der Waals surface area (Å²) in [5.74, 6) is -0.557. The number of fused-ring (bicyclic) bond motifs is 1. The van der Waals surface area contributed by atoms with Crippen LogP contribution in [0.3, 0.4) is 0 Å². The van der Waals surface area contributed by atoms with E-state index in [0.717, 1.165) is 18.7 Å². The van der Waals surface area contributed by atoms with Crippen molar-refractivity contribution < 1.29 is 18.3 Å². The Morgan fingerprint density at radius 1 is 1.14 bits per heavy atom. The minimum atomic E-state index is -4.18. The van der Waals surface area contributed by atoms with Crippen LogP contribution >= 0.6 is 0 Å². The molecule has 1 aliphatic heterocycles. The van der Waals surface area contributed by atoms with Gasteiger partial charge in [0.1, 0.15) is 11.6 Å². The Morgan fingerprint density at radius 3 is 2.62 bits per heavy atom. The predicted octanol–water partition coefficient (Wildman–Crippen LogP) is 2.67. The molecule has 0 amide bonds. The van der Waals surface area contributed by atoms with Gasteiger partial charge in [0.15, 0.2) is 0 Å². The first kappa shape index (κ1) is 14.8. The van der Waals surface area contributed by atoms with Crippen LogP contribution in [0.15, 0.2) is 0 Å². The molecule has 4 nitrogen and oxygen atoms in total. The summed E-state index contributed by atoms with van der Waals surface area (Å²) >= 11 is 0. The first-order valence-corrected chi connectivity index (χ1v) is 7.60. The number of aliphatic hydroxyl groups is 1. The Morgan fingerprint density at radius 2 is 1.90 bits per heavy atom. The molecular formula is C14H20F3N3O. The van der Waals surface area contributed by atoms with E-state index < -0.39 is 18.0 Å². The van der Waals surface area contributed by atoms with E-state index >= 15 is 0 Å². The first-order chi connectivity index (χ1) is 10.0. The van der Waals surface area contributed by atoms with Gasteiger partial charge in [0.05, 0.1) is 5.92 Å². The SMILES string of the molecule is OCC1CCc2nnc(C3CCCCC3C(F)(F)F)n2C1. The van der Waals surface area contributed by atoms with Crippen molar-refractivity contribution in [2.24, 2.45) is 11.8 Å². The summed E-state index contributed by atoms with van der Waals surface area (Å²) in [6.45, 7) is 0.597. The molecule has 3 unspecified atom stereocenters. The molecular weight excluding hydrogens is 283 g/mol. The molecule has 3 atom stereocenters. The van der Waals surface area contributed by atoms with E-state index in [0.29, 0.717) is 31.6 Å². The van der Waals surface area contributed by atoms with E-state index in [1.807, 2.05) is 4.57 Å². The summed E-state index contributed by atoms with van der Waals surface area (Å²) in [5.41, 5.74) is 0. The van der Waals surface area contributed by atoms with Crippen LogP contribution < -0.4 is 0 Å². The molecule has 0 spiro atoms. The number of aromatic nitrogens is 3. The molecule has 1 aromatic heterocycles. The van der Waals surface area contributed by atoms with Crippen LogP contribution in [0.4, 0.5) is 13.2 Å². The first-order valence-electron chi connectivity index (χ1n) is 7.60. The monoisotopic (exact) mass is 303 g/mol. The quantitative estimate of drug-likeness (QED) is 0.914. The van der Waals surface area contributed by atoms with Gasteiger partial charge >= 0.3 is 6.18 Å². The minimum Gasteiger partial charge on any atom is -0.396 e. The molecule has 1 aliphatic carbocycles. The van der Waals surface area contributed by atoms with Gasteiger partial charge in [-0.05, 0) is 19.3 Å². The normalized spacial score (nSPS) is 30.2. The fraction of sp³-hybridized carbons (Fsp3) is 0.857. The standard InChI is InChI=1S/C14H20F3N3O/c15-14(16,17)11-4-2-1-3-10(11)13-19-18-12-6-5-9(8-21)7-20(12)13/h9-11,21H,1-8H2. The van der Waals surface area contributed by atoms with Gasteiger partial charge in [-0.15, -0.1) is 10.2 Å². The van der Waals surface area contributed by atoms with Crippen LogP contribution in [-0.4, -0.2) is 32.7 Å². The third-order valence-corrected chi connectivity index (χ3v) is 4.85. The molecule has 118 valence electrons. The Kier molecular flexibility index (Phi) is 3.94. The van der Waals surface area contributed by atoms with Crippen molar-refractivity contribution in [1.82, 2.24) is 14.8 Å². The fourth-order valence-electron chi connectivity index (χ4n) is 3.67. The van der Waals surface area contributed by atoms with E-state index in [2.05, 4.69) is 10.2 Å². The van der Waals surface area contributed by atoms with Crippen molar-refractivity contribution in [2.75, 3.05) is 6.61 Å². The molecule has 2 aliphatic rings. The second-order valence-electron chi connectivity index (χ2n) is 6.21. The molecule has 0 aromatic carbocycles. The number of rotatable bonds is 2. The largest absolute Gasteiger partial charge is 0.396 e. The average Bonchev–Trinajstić information content (AvgIpc) is 2.89. The highest BCUT2D eigenvalue weighted by Gasteiger charge is 2.47. The van der Waals surface area contributed by atoms with Crippen molar-refractivity contribution >= 4 is 0 Å². The molecule has 1 fully saturated rings. The van der Waals surface area contributed by atoms with Crippen LogP contribution in [0.2, 0.25) is 0 Å². The molecule has 7 heteroatoms. The molecule has 21 heavy (non-hydrogen) atoms. The summed E-state index contributed by atoms with van der Waals surface area (Å²) in [6.07, 6.45) is -0.540. The van der Waals surface area contributed by atoms with Crippen molar-refractivity contribution in [3.63, 3.8) is 0 Å². The molecule has 0 bridgehead atoms. The van der Waals surface area contributed by atoms with Crippen molar-refractivity contribution in [3.8, 4) is 0 Å². The summed E-state index contributed by atoms with van der Waals surface area (Å²) in [5, 5.41) is 17.5. The number of hydrogen-bond donors (Lipinski definition) is 1. The highest BCUT2D eigenvalue weighted by atomic mass is 19.4. The van der Waals surface area contributed by atoms with Gasteiger partial charge in [-0.2, -0.15) is 13.2 Å². The zero-order valence-electron chi connectivity index (χ0n) is 11.8. The van der Waals surface area contributed by atoms with Crippen molar-refractivity contribution in [2.45, 2.75) is 57.2 Å². The maximum Gasteiger partial charge on any atom is 0.392 e. The Bertz CT molecular complexity index is 500. The summed E-state index contributed by atoms with van der Waals surface area (Å²) in [4.78, 5) is 0. The molecule has 0 radical (unpaired) electrons. The molecule has 3 rings (SSSR count). The van der Waals surface area contributed by atoms with E-state index in [9.17, 15) is 18.3 Å². The van der Waals surface area contributed by atoms with E-state index in [1.54, 1.807) is 0 Å². The van der Waals surface area contributed by atoms with Gasteiger partial charge in [-0.25, -0.2) is 0 Å². The smallest absolute Gasteiger partial charge is 0.392 e. The average molecular weight is 303 g/mol. The highest BCUT2D eigenvalue weighted by Crippen LogP contribution is 2.46. The second-order valence-corrected chi connectivity index (χ2v) is 6.21. The van der Waals surface area contributed by atoms with Gasteiger partial charge in [0.25, 0.3) is 0 Å². The van der Waals surface area contributed by atoms with Gasteiger partial charge < -0.3 is 9.67 Å². The Balaban J connectivity index is 1.91. The molecule has 0 saturated heterocycles. The number of aliphatic hydroxyl groups excluding tert-OH is 1. The Labute approximate surface area is 121 Å². The lowest BCUT2D eigenvalue weighted by molar-refractivity contribution is -0.188. The summed E-state index contributed by atoms with van der Waals surface area (Å²) in [7, 11) is 0. The molecule has 1 saturated carbocycles. The molecule has 1 N–H and O–H groups in total. The topological polar surface area (TPSA) is 50.9 Å².